The van der Waals surface area contributed by atoms with E-state index in [1.165, 1.54) is 16.4 Å². The highest BCUT2D eigenvalue weighted by Gasteiger charge is 2.28. The summed E-state index contributed by atoms with van der Waals surface area (Å²) in [4.78, 5) is 13.1. The summed E-state index contributed by atoms with van der Waals surface area (Å²) in [6, 6.07) is 23.1. The fourth-order valence-corrected chi connectivity index (χ4v) is 4.84. The van der Waals surface area contributed by atoms with Crippen LogP contribution in [0.2, 0.25) is 0 Å². The van der Waals surface area contributed by atoms with Crippen LogP contribution >= 0.6 is 0 Å². The molecule has 3 aromatic rings. The van der Waals surface area contributed by atoms with E-state index in [1.807, 2.05) is 51.1 Å². The number of rotatable bonds is 8. The van der Waals surface area contributed by atoms with Crippen LogP contribution < -0.4 is 9.62 Å². The third-order valence-corrected chi connectivity index (χ3v) is 6.92. The number of sulfonamides is 1. The quantitative estimate of drug-likeness (QED) is 0.553. The lowest BCUT2D eigenvalue weighted by atomic mass is 10.0. The van der Waals surface area contributed by atoms with E-state index < -0.39 is 10.0 Å². The number of nitrogens with zero attached hydrogens (tertiary/aromatic N) is 1. The number of hydrogen-bond acceptors (Lipinski definition) is 3. The zero-order valence-electron chi connectivity index (χ0n) is 18.1. The molecule has 0 aliphatic rings. The van der Waals surface area contributed by atoms with Crippen LogP contribution in [0.25, 0.3) is 0 Å². The number of anilines is 1. The van der Waals surface area contributed by atoms with E-state index in [9.17, 15) is 13.2 Å². The summed E-state index contributed by atoms with van der Waals surface area (Å²) in [5.74, 6) is -0.353. The Hall–Kier alpha value is -3.12. The zero-order chi connectivity index (χ0) is 22.4. The van der Waals surface area contributed by atoms with Gasteiger partial charge in [0.15, 0.2) is 0 Å². The van der Waals surface area contributed by atoms with Crippen LogP contribution in [-0.2, 0) is 14.8 Å². The summed E-state index contributed by atoms with van der Waals surface area (Å²) in [6.45, 7) is 5.59. The van der Waals surface area contributed by atoms with Gasteiger partial charge in [-0.15, -0.1) is 0 Å². The lowest BCUT2D eigenvalue weighted by Crippen LogP contribution is -2.42. The first-order valence-corrected chi connectivity index (χ1v) is 11.8. The minimum absolute atomic E-state index is 0.148. The van der Waals surface area contributed by atoms with Crippen LogP contribution in [0.3, 0.4) is 0 Å². The predicted octanol–water partition coefficient (Wildman–Crippen LogP) is 4.77. The molecule has 0 spiro atoms. The van der Waals surface area contributed by atoms with Gasteiger partial charge in [-0.1, -0.05) is 67.1 Å². The number of aryl methyl sites for hydroxylation is 2. The van der Waals surface area contributed by atoms with E-state index in [0.717, 1.165) is 16.7 Å². The summed E-state index contributed by atoms with van der Waals surface area (Å²) < 4.78 is 27.9. The Morgan fingerprint density at radius 1 is 0.903 bits per heavy atom. The molecule has 1 amide bonds. The number of hydrogen-bond donors (Lipinski definition) is 1. The van der Waals surface area contributed by atoms with E-state index in [4.69, 9.17) is 0 Å². The van der Waals surface area contributed by atoms with Crippen molar-refractivity contribution in [2.75, 3.05) is 10.8 Å². The summed E-state index contributed by atoms with van der Waals surface area (Å²) in [5.41, 5.74) is 3.51. The molecule has 3 aromatic carbocycles. The fraction of sp³-hybridized carbons (Fsp3) is 0.240. The molecular formula is C25H28N2O3S. The van der Waals surface area contributed by atoms with Crippen molar-refractivity contribution in [2.45, 2.75) is 38.1 Å². The van der Waals surface area contributed by atoms with Gasteiger partial charge in [0, 0.05) is 0 Å². The van der Waals surface area contributed by atoms with Crippen LogP contribution in [0.1, 0.15) is 36.1 Å². The van der Waals surface area contributed by atoms with E-state index in [-0.39, 0.29) is 23.4 Å². The molecule has 0 aromatic heterocycles. The van der Waals surface area contributed by atoms with E-state index in [2.05, 4.69) is 5.32 Å². The molecule has 0 bridgehead atoms. The first kappa shape index (κ1) is 22.6. The second-order valence-corrected chi connectivity index (χ2v) is 9.47. The van der Waals surface area contributed by atoms with Crippen molar-refractivity contribution in [1.29, 1.82) is 0 Å². The van der Waals surface area contributed by atoms with Crippen molar-refractivity contribution >= 4 is 21.6 Å². The molecule has 0 fully saturated rings. The third-order valence-electron chi connectivity index (χ3n) is 5.13. The highest BCUT2D eigenvalue weighted by atomic mass is 32.2. The molecule has 1 atom stereocenters. The minimum atomic E-state index is -3.91. The highest BCUT2D eigenvalue weighted by molar-refractivity contribution is 7.92. The maximum absolute atomic E-state index is 13.4. The van der Waals surface area contributed by atoms with Crippen molar-refractivity contribution < 1.29 is 13.2 Å². The average molecular weight is 437 g/mol. The molecule has 3 rings (SSSR count). The second-order valence-electron chi connectivity index (χ2n) is 7.60. The Morgan fingerprint density at radius 2 is 1.58 bits per heavy atom. The fourth-order valence-electron chi connectivity index (χ4n) is 3.41. The molecule has 0 unspecified atom stereocenters. The molecule has 0 aliphatic heterocycles. The Balaban J connectivity index is 1.89. The molecule has 162 valence electrons. The number of carbonyl (C=O) groups excluding carboxylic acids is 1. The Kier molecular flexibility index (Phi) is 7.13. The van der Waals surface area contributed by atoms with Crippen molar-refractivity contribution in [3.8, 4) is 0 Å². The standard InChI is InChI=1S/C25H28N2O3S/c1-4-24(21-15-13-19(2)14-16-21)26-25(28)18-27(22-10-8-9-20(3)17-22)31(29,30)23-11-6-5-7-12-23/h5-17,24H,4,18H2,1-3H3,(H,26,28)/t24-/m0/s1. The van der Waals surface area contributed by atoms with Crippen molar-refractivity contribution in [2.24, 2.45) is 0 Å². The monoisotopic (exact) mass is 436 g/mol. The highest BCUT2D eigenvalue weighted by Crippen LogP contribution is 2.25. The first-order chi connectivity index (χ1) is 14.8. The van der Waals surface area contributed by atoms with Crippen LogP contribution in [0.5, 0.6) is 0 Å². The average Bonchev–Trinajstić information content (AvgIpc) is 2.77. The van der Waals surface area contributed by atoms with Gasteiger partial charge < -0.3 is 5.32 Å². The van der Waals surface area contributed by atoms with Gasteiger partial charge in [0.25, 0.3) is 10.0 Å². The lowest BCUT2D eigenvalue weighted by molar-refractivity contribution is -0.120. The number of benzene rings is 3. The van der Waals surface area contributed by atoms with Crippen LogP contribution in [-0.4, -0.2) is 20.9 Å². The topological polar surface area (TPSA) is 66.5 Å². The molecule has 6 heteroatoms. The normalized spacial score (nSPS) is 12.2. The van der Waals surface area contributed by atoms with Gasteiger partial charge in [0.1, 0.15) is 6.54 Å². The maximum Gasteiger partial charge on any atom is 0.264 e. The largest absolute Gasteiger partial charge is 0.348 e. The van der Waals surface area contributed by atoms with E-state index in [1.54, 1.807) is 36.4 Å². The van der Waals surface area contributed by atoms with Crippen LogP contribution in [0, 0.1) is 13.8 Å². The molecular weight excluding hydrogens is 408 g/mol. The van der Waals surface area contributed by atoms with Crippen molar-refractivity contribution in [3.05, 3.63) is 95.6 Å². The van der Waals surface area contributed by atoms with Crippen LogP contribution in [0.15, 0.2) is 83.8 Å². The SMILES string of the molecule is CC[C@H](NC(=O)CN(c1cccc(C)c1)S(=O)(=O)c1ccccc1)c1ccc(C)cc1. The van der Waals surface area contributed by atoms with Gasteiger partial charge in [0.05, 0.1) is 16.6 Å². The van der Waals surface area contributed by atoms with Gasteiger partial charge in [-0.05, 0) is 55.7 Å². The number of nitrogens with one attached hydrogen (secondary N) is 1. The molecule has 0 aliphatic carbocycles. The van der Waals surface area contributed by atoms with Gasteiger partial charge in [-0.25, -0.2) is 8.42 Å². The third kappa shape index (κ3) is 5.52. The van der Waals surface area contributed by atoms with E-state index >= 15 is 0 Å². The van der Waals surface area contributed by atoms with Crippen LogP contribution in [0.4, 0.5) is 5.69 Å². The van der Waals surface area contributed by atoms with Gasteiger partial charge in [-0.2, -0.15) is 0 Å². The molecule has 0 saturated carbocycles. The van der Waals surface area contributed by atoms with Gasteiger partial charge in [0.2, 0.25) is 5.91 Å². The molecule has 0 saturated heterocycles. The summed E-state index contributed by atoms with van der Waals surface area (Å²) in [6.07, 6.45) is 0.699. The number of amides is 1. The molecule has 0 heterocycles. The predicted molar refractivity (Wildman–Crippen MR) is 125 cm³/mol. The van der Waals surface area contributed by atoms with Crippen molar-refractivity contribution in [1.82, 2.24) is 5.32 Å². The van der Waals surface area contributed by atoms with Gasteiger partial charge >= 0.3 is 0 Å². The summed E-state index contributed by atoms with van der Waals surface area (Å²) in [5, 5.41) is 3.00. The molecule has 0 radical (unpaired) electrons. The Morgan fingerprint density at radius 3 is 2.19 bits per heavy atom. The number of carbonyl (C=O) groups is 1. The lowest BCUT2D eigenvalue weighted by Gasteiger charge is -2.26. The van der Waals surface area contributed by atoms with E-state index in [0.29, 0.717) is 12.1 Å². The van der Waals surface area contributed by atoms with Gasteiger partial charge in [-0.3, -0.25) is 9.10 Å². The summed E-state index contributed by atoms with van der Waals surface area (Å²) >= 11 is 0. The second kappa shape index (κ2) is 9.79. The maximum atomic E-state index is 13.4. The zero-order valence-corrected chi connectivity index (χ0v) is 18.9. The Labute approximate surface area is 184 Å². The smallest absolute Gasteiger partial charge is 0.264 e. The molecule has 5 nitrogen and oxygen atoms in total. The molecule has 31 heavy (non-hydrogen) atoms. The minimum Gasteiger partial charge on any atom is -0.348 e. The molecule has 1 N–H and O–H groups in total. The Bertz CT molecular complexity index is 1130. The summed E-state index contributed by atoms with van der Waals surface area (Å²) in [7, 11) is -3.91. The first-order valence-electron chi connectivity index (χ1n) is 10.3. The van der Waals surface area contributed by atoms with Crippen molar-refractivity contribution in [3.63, 3.8) is 0 Å².